The lowest BCUT2D eigenvalue weighted by Crippen LogP contribution is -2.47. The van der Waals surface area contributed by atoms with Crippen molar-refractivity contribution in [3.63, 3.8) is 0 Å². The molecule has 6 nitrogen and oxygen atoms in total. The molecule has 1 aliphatic heterocycles. The van der Waals surface area contributed by atoms with Gasteiger partial charge in [0.05, 0.1) is 13.7 Å². The number of rotatable bonds is 6. The highest BCUT2D eigenvalue weighted by Gasteiger charge is 2.39. The Bertz CT molecular complexity index is 415. The Labute approximate surface area is 140 Å². The van der Waals surface area contributed by atoms with E-state index in [0.29, 0.717) is 13.2 Å². The van der Waals surface area contributed by atoms with Crippen LogP contribution in [0.2, 0.25) is 18.1 Å². The van der Waals surface area contributed by atoms with Crippen LogP contribution in [-0.2, 0) is 23.4 Å². The molecule has 1 rings (SSSR count). The summed E-state index contributed by atoms with van der Waals surface area (Å²) >= 11 is 0. The summed E-state index contributed by atoms with van der Waals surface area (Å²) in [5.41, 5.74) is 0. The quantitative estimate of drug-likeness (QED) is 0.417. The Kier molecular flexibility index (Phi) is 7.25. The molecule has 0 fully saturated rings. The molecule has 23 heavy (non-hydrogen) atoms. The molecule has 7 heteroatoms. The summed E-state index contributed by atoms with van der Waals surface area (Å²) in [6.07, 6.45) is 1.33. The van der Waals surface area contributed by atoms with Crippen LogP contribution in [-0.4, -0.2) is 53.3 Å². The summed E-state index contributed by atoms with van der Waals surface area (Å²) in [6.45, 7) is 13.6. The number of hydrogen-bond donors (Lipinski definition) is 0. The summed E-state index contributed by atoms with van der Waals surface area (Å²) in [4.78, 5) is 11.4. The van der Waals surface area contributed by atoms with Gasteiger partial charge in [-0.05, 0) is 37.2 Å². The molecule has 0 spiro atoms. The van der Waals surface area contributed by atoms with Gasteiger partial charge in [0.25, 0.3) is 0 Å². The Hall–Kier alpha value is -0.893. The van der Waals surface area contributed by atoms with Crippen molar-refractivity contribution in [1.82, 2.24) is 0 Å². The van der Waals surface area contributed by atoms with Crippen LogP contribution in [0.5, 0.6) is 0 Å². The zero-order chi connectivity index (χ0) is 17.7. The molecule has 0 aromatic rings. The molecule has 0 amide bonds. The van der Waals surface area contributed by atoms with Gasteiger partial charge in [-0.1, -0.05) is 20.8 Å². The van der Waals surface area contributed by atoms with Crippen LogP contribution in [0.4, 0.5) is 4.79 Å². The Morgan fingerprint density at radius 1 is 1.26 bits per heavy atom. The number of methoxy groups -OCH3 is 1. The second kappa shape index (κ2) is 8.28. The van der Waals surface area contributed by atoms with Crippen LogP contribution in [0.1, 0.15) is 27.7 Å². The smallest absolute Gasteiger partial charge is 0.438 e. The third-order valence-electron chi connectivity index (χ3n) is 4.28. The average molecular weight is 346 g/mol. The second-order valence-corrected chi connectivity index (χ2v) is 11.8. The summed E-state index contributed by atoms with van der Waals surface area (Å²) in [6, 6.07) is 0. The maximum Gasteiger partial charge on any atom is 0.508 e. The maximum atomic E-state index is 11.4. The third-order valence-corrected chi connectivity index (χ3v) is 8.78. The minimum atomic E-state index is -1.92. The zero-order valence-electron chi connectivity index (χ0n) is 15.3. The first kappa shape index (κ1) is 20.2. The van der Waals surface area contributed by atoms with E-state index in [1.54, 1.807) is 12.2 Å². The molecule has 0 radical (unpaired) electrons. The van der Waals surface area contributed by atoms with E-state index in [4.69, 9.17) is 18.6 Å². The van der Waals surface area contributed by atoms with Crippen molar-refractivity contribution in [1.29, 1.82) is 0 Å². The fourth-order valence-electron chi connectivity index (χ4n) is 1.79. The van der Waals surface area contributed by atoms with Crippen LogP contribution in [0.3, 0.4) is 0 Å². The van der Waals surface area contributed by atoms with Crippen molar-refractivity contribution in [3.05, 3.63) is 12.2 Å². The molecule has 3 atom stereocenters. The first-order chi connectivity index (χ1) is 10.6. The highest BCUT2D eigenvalue weighted by Crippen LogP contribution is 2.37. The molecular weight excluding hydrogens is 316 g/mol. The van der Waals surface area contributed by atoms with Gasteiger partial charge in [-0.25, -0.2) is 4.79 Å². The van der Waals surface area contributed by atoms with E-state index in [2.05, 4.69) is 38.6 Å². The predicted octanol–water partition coefficient (Wildman–Crippen LogP) is 3.48. The van der Waals surface area contributed by atoms with E-state index in [-0.39, 0.29) is 5.04 Å². The van der Waals surface area contributed by atoms with Gasteiger partial charge in [0.1, 0.15) is 6.10 Å². The highest BCUT2D eigenvalue weighted by molar-refractivity contribution is 6.74. The van der Waals surface area contributed by atoms with Gasteiger partial charge >= 0.3 is 6.16 Å². The number of hydrogen-bond acceptors (Lipinski definition) is 6. The van der Waals surface area contributed by atoms with E-state index >= 15 is 0 Å². The maximum absolute atomic E-state index is 11.4. The van der Waals surface area contributed by atoms with Crippen LogP contribution < -0.4 is 0 Å². The lowest BCUT2D eigenvalue weighted by molar-refractivity contribution is -0.179. The molecular formula is C16H30O6Si. The number of carbonyl (C=O) groups is 1. The minimum Gasteiger partial charge on any atom is -0.438 e. The van der Waals surface area contributed by atoms with Gasteiger partial charge in [-0.2, -0.15) is 0 Å². The summed E-state index contributed by atoms with van der Waals surface area (Å²) in [7, 11) is -0.646. The monoisotopic (exact) mass is 346 g/mol. The van der Waals surface area contributed by atoms with Gasteiger partial charge in [-0.3, -0.25) is 0 Å². The predicted molar refractivity (Wildman–Crippen MR) is 89.9 cm³/mol. The second-order valence-electron chi connectivity index (χ2n) is 6.99. The summed E-state index contributed by atoms with van der Waals surface area (Å²) < 4.78 is 27.3. The van der Waals surface area contributed by atoms with Gasteiger partial charge in [0.15, 0.2) is 20.7 Å². The van der Waals surface area contributed by atoms with E-state index in [9.17, 15) is 4.79 Å². The molecule has 1 aliphatic rings. The Morgan fingerprint density at radius 2 is 1.91 bits per heavy atom. The molecule has 0 bridgehead atoms. The van der Waals surface area contributed by atoms with Crippen molar-refractivity contribution < 1.29 is 28.2 Å². The third kappa shape index (κ3) is 5.91. The van der Waals surface area contributed by atoms with Crippen molar-refractivity contribution in [2.24, 2.45) is 0 Å². The fourth-order valence-corrected chi connectivity index (χ4v) is 2.81. The van der Waals surface area contributed by atoms with Crippen LogP contribution in [0.15, 0.2) is 12.2 Å². The average Bonchev–Trinajstić information content (AvgIpc) is 2.46. The van der Waals surface area contributed by atoms with Crippen molar-refractivity contribution >= 4 is 14.5 Å². The molecule has 0 unspecified atom stereocenters. The molecule has 134 valence electrons. The first-order valence-electron chi connectivity index (χ1n) is 7.94. The highest BCUT2D eigenvalue weighted by atomic mass is 28.4. The van der Waals surface area contributed by atoms with Crippen LogP contribution in [0, 0.1) is 0 Å². The van der Waals surface area contributed by atoms with Gasteiger partial charge < -0.3 is 23.4 Å². The molecule has 1 heterocycles. The molecule has 0 saturated heterocycles. The van der Waals surface area contributed by atoms with Gasteiger partial charge in [0.2, 0.25) is 0 Å². The Morgan fingerprint density at radius 3 is 2.43 bits per heavy atom. The van der Waals surface area contributed by atoms with Gasteiger partial charge in [-0.15, -0.1) is 0 Å². The van der Waals surface area contributed by atoms with E-state index in [1.807, 2.05) is 6.92 Å². The molecule has 0 N–H and O–H groups in total. The van der Waals surface area contributed by atoms with Crippen LogP contribution in [0.25, 0.3) is 0 Å². The molecule has 0 saturated carbocycles. The van der Waals surface area contributed by atoms with E-state index < -0.39 is 33.0 Å². The first-order valence-corrected chi connectivity index (χ1v) is 10.9. The van der Waals surface area contributed by atoms with Crippen molar-refractivity contribution in [3.8, 4) is 0 Å². The SMILES string of the molecule is CCO[C@@H]1C=C[C@@H](OC(=O)OC)[C@@H](CO[Si](C)(C)C(C)(C)C)O1. The lowest BCUT2D eigenvalue weighted by atomic mass is 10.1. The standard InChI is InChI=1S/C16H30O6Si/c1-8-19-14-10-9-12(22-15(17)18-5)13(21-14)11-20-23(6,7)16(2,3)4/h9-10,12-14H,8,11H2,1-7H3/t12-,13-,14+/m1/s1. The fraction of sp³-hybridized carbons (Fsp3) is 0.812. The summed E-state index contributed by atoms with van der Waals surface area (Å²) in [5.74, 6) is 0. The van der Waals surface area contributed by atoms with Crippen molar-refractivity contribution in [2.75, 3.05) is 20.3 Å². The summed E-state index contributed by atoms with van der Waals surface area (Å²) in [5, 5.41) is 0.0928. The van der Waals surface area contributed by atoms with E-state index in [1.165, 1.54) is 7.11 Å². The largest absolute Gasteiger partial charge is 0.508 e. The lowest BCUT2D eigenvalue weighted by Gasteiger charge is -2.39. The molecule has 0 aromatic heterocycles. The zero-order valence-corrected chi connectivity index (χ0v) is 16.3. The van der Waals surface area contributed by atoms with Crippen molar-refractivity contribution in [2.45, 2.75) is 64.3 Å². The molecule has 0 aromatic carbocycles. The molecule has 0 aliphatic carbocycles. The van der Waals surface area contributed by atoms with Crippen LogP contribution >= 0.6 is 0 Å². The minimum absolute atomic E-state index is 0.0928. The number of ether oxygens (including phenoxy) is 4. The number of carbonyl (C=O) groups excluding carboxylic acids is 1. The normalized spacial score (nSPS) is 25.3. The Balaban J connectivity index is 2.76. The van der Waals surface area contributed by atoms with E-state index in [0.717, 1.165) is 0 Å². The van der Waals surface area contributed by atoms with Gasteiger partial charge in [0, 0.05) is 6.61 Å². The topological polar surface area (TPSA) is 63.2 Å².